The maximum atomic E-state index is 6.27. The first-order valence-electron chi connectivity index (χ1n) is 8.06. The molecule has 0 unspecified atom stereocenters. The number of rotatable bonds is 5. The van der Waals surface area contributed by atoms with Gasteiger partial charge in [0.05, 0.1) is 7.11 Å². The van der Waals surface area contributed by atoms with Crippen LogP contribution in [-0.4, -0.2) is 19.7 Å². The third-order valence-corrected chi connectivity index (χ3v) is 5.66. The Hall–Kier alpha value is -0.730. The van der Waals surface area contributed by atoms with E-state index in [1.807, 2.05) is 12.1 Å². The zero-order valence-electron chi connectivity index (χ0n) is 13.3. The van der Waals surface area contributed by atoms with Crippen molar-refractivity contribution in [3.8, 4) is 5.75 Å². The molecule has 0 aliphatic heterocycles. The van der Waals surface area contributed by atoms with Gasteiger partial charge in [0.25, 0.3) is 0 Å². The summed E-state index contributed by atoms with van der Waals surface area (Å²) in [5.41, 5.74) is 2.11. The van der Waals surface area contributed by atoms with E-state index in [9.17, 15) is 0 Å². The molecule has 2 aliphatic carbocycles. The first kappa shape index (κ1) is 15.2. The molecule has 0 heterocycles. The van der Waals surface area contributed by atoms with Crippen LogP contribution >= 0.6 is 11.6 Å². The van der Waals surface area contributed by atoms with Crippen molar-refractivity contribution in [1.82, 2.24) is 5.32 Å². The van der Waals surface area contributed by atoms with E-state index < -0.39 is 0 Å². The largest absolute Gasteiger partial charge is 0.496 e. The fourth-order valence-corrected chi connectivity index (χ4v) is 4.49. The standard InChI is InChI=1S/C18H26ClNO/c1-13(2)20-12-18(10-17(11-18)7-4-8-17)15-9-14(19)5-6-16(15)21-3/h5-6,9,13,20H,4,7-8,10-12H2,1-3H3. The third-order valence-electron chi connectivity index (χ3n) is 5.42. The molecule has 3 rings (SSSR count). The van der Waals surface area contributed by atoms with Crippen LogP contribution in [0.1, 0.15) is 51.5 Å². The highest BCUT2D eigenvalue weighted by atomic mass is 35.5. The maximum Gasteiger partial charge on any atom is 0.122 e. The summed E-state index contributed by atoms with van der Waals surface area (Å²) >= 11 is 6.27. The van der Waals surface area contributed by atoms with Gasteiger partial charge in [-0.2, -0.15) is 0 Å². The van der Waals surface area contributed by atoms with Crippen LogP contribution in [-0.2, 0) is 5.41 Å². The van der Waals surface area contributed by atoms with Gasteiger partial charge in [-0.1, -0.05) is 31.9 Å². The Bertz CT molecular complexity index is 514. The zero-order chi connectivity index (χ0) is 15.1. The van der Waals surface area contributed by atoms with Gasteiger partial charge in [0.15, 0.2) is 0 Å². The minimum Gasteiger partial charge on any atom is -0.496 e. The van der Waals surface area contributed by atoms with Crippen LogP contribution in [0.3, 0.4) is 0 Å². The molecule has 2 aliphatic rings. The lowest BCUT2D eigenvalue weighted by Gasteiger charge is -2.62. The molecule has 21 heavy (non-hydrogen) atoms. The number of halogens is 1. The molecular formula is C18H26ClNO. The summed E-state index contributed by atoms with van der Waals surface area (Å²) in [7, 11) is 1.76. The van der Waals surface area contributed by atoms with Crippen molar-refractivity contribution in [2.45, 2.75) is 57.4 Å². The highest BCUT2D eigenvalue weighted by molar-refractivity contribution is 6.30. The Morgan fingerprint density at radius 1 is 1.29 bits per heavy atom. The first-order chi connectivity index (χ1) is 9.99. The lowest BCUT2D eigenvalue weighted by molar-refractivity contribution is -0.0497. The summed E-state index contributed by atoms with van der Waals surface area (Å²) in [6.07, 6.45) is 6.76. The van der Waals surface area contributed by atoms with Gasteiger partial charge < -0.3 is 10.1 Å². The van der Waals surface area contributed by atoms with Gasteiger partial charge in [-0.3, -0.25) is 0 Å². The van der Waals surface area contributed by atoms with Crippen molar-refractivity contribution in [3.63, 3.8) is 0 Å². The van der Waals surface area contributed by atoms with Crippen molar-refractivity contribution in [3.05, 3.63) is 28.8 Å². The van der Waals surface area contributed by atoms with Gasteiger partial charge in [0.1, 0.15) is 5.75 Å². The monoisotopic (exact) mass is 307 g/mol. The van der Waals surface area contributed by atoms with E-state index in [1.165, 1.54) is 37.7 Å². The Labute approximate surface area is 133 Å². The number of methoxy groups -OCH3 is 1. The minimum atomic E-state index is 0.195. The lowest BCUT2D eigenvalue weighted by Crippen LogP contribution is -2.58. The number of ether oxygens (including phenoxy) is 1. The molecule has 116 valence electrons. The molecule has 1 aromatic carbocycles. The summed E-state index contributed by atoms with van der Waals surface area (Å²) in [6.45, 7) is 5.44. The van der Waals surface area contributed by atoms with Gasteiger partial charge >= 0.3 is 0 Å². The number of benzene rings is 1. The Morgan fingerprint density at radius 2 is 2.00 bits per heavy atom. The molecule has 2 fully saturated rings. The fraction of sp³-hybridized carbons (Fsp3) is 0.667. The topological polar surface area (TPSA) is 21.3 Å². The van der Waals surface area contributed by atoms with E-state index in [0.29, 0.717) is 11.5 Å². The van der Waals surface area contributed by atoms with Crippen molar-refractivity contribution in [2.24, 2.45) is 5.41 Å². The normalized spacial score (nSPS) is 22.0. The van der Waals surface area contributed by atoms with Crippen molar-refractivity contribution in [1.29, 1.82) is 0 Å². The van der Waals surface area contributed by atoms with E-state index in [4.69, 9.17) is 16.3 Å². The summed E-state index contributed by atoms with van der Waals surface area (Å²) in [5.74, 6) is 0.985. The molecule has 3 heteroatoms. The second-order valence-corrected chi connectivity index (χ2v) is 7.80. The smallest absolute Gasteiger partial charge is 0.122 e. The van der Waals surface area contributed by atoms with Gasteiger partial charge in [-0.05, 0) is 49.3 Å². The molecule has 0 atom stereocenters. The molecule has 2 nitrogen and oxygen atoms in total. The van der Waals surface area contributed by atoms with Crippen LogP contribution in [0.15, 0.2) is 18.2 Å². The predicted molar refractivity (Wildman–Crippen MR) is 88.3 cm³/mol. The maximum absolute atomic E-state index is 6.27. The van der Waals surface area contributed by atoms with E-state index >= 15 is 0 Å². The molecule has 1 spiro atoms. The molecule has 0 amide bonds. The second kappa shape index (κ2) is 5.48. The van der Waals surface area contributed by atoms with Crippen LogP contribution in [0.5, 0.6) is 5.75 Å². The van der Waals surface area contributed by atoms with Gasteiger partial charge in [0.2, 0.25) is 0 Å². The van der Waals surface area contributed by atoms with Crippen molar-refractivity contribution >= 4 is 11.6 Å². The van der Waals surface area contributed by atoms with Crippen LogP contribution in [0, 0.1) is 5.41 Å². The Morgan fingerprint density at radius 3 is 2.52 bits per heavy atom. The van der Waals surface area contributed by atoms with Crippen molar-refractivity contribution < 1.29 is 4.74 Å². The number of hydrogen-bond donors (Lipinski definition) is 1. The fourth-order valence-electron chi connectivity index (χ4n) is 4.32. The molecule has 1 aromatic rings. The Kier molecular flexibility index (Phi) is 3.96. The van der Waals surface area contributed by atoms with Crippen LogP contribution < -0.4 is 10.1 Å². The van der Waals surface area contributed by atoms with E-state index in [1.54, 1.807) is 7.11 Å². The van der Waals surface area contributed by atoms with Crippen LogP contribution in [0.25, 0.3) is 0 Å². The first-order valence-corrected chi connectivity index (χ1v) is 8.44. The lowest BCUT2D eigenvalue weighted by atomic mass is 9.43. The highest BCUT2D eigenvalue weighted by Gasteiger charge is 2.58. The summed E-state index contributed by atoms with van der Waals surface area (Å²) in [6, 6.07) is 6.56. The Balaban J connectivity index is 1.90. The quantitative estimate of drug-likeness (QED) is 0.861. The van der Waals surface area contributed by atoms with Crippen LogP contribution in [0.4, 0.5) is 0 Å². The van der Waals surface area contributed by atoms with Gasteiger partial charge in [-0.15, -0.1) is 0 Å². The molecule has 1 N–H and O–H groups in total. The number of hydrogen-bond acceptors (Lipinski definition) is 2. The molecule has 0 bridgehead atoms. The summed E-state index contributed by atoms with van der Waals surface area (Å²) in [4.78, 5) is 0. The zero-order valence-corrected chi connectivity index (χ0v) is 14.1. The number of nitrogens with one attached hydrogen (secondary N) is 1. The summed E-state index contributed by atoms with van der Waals surface area (Å²) < 4.78 is 5.62. The van der Waals surface area contributed by atoms with Gasteiger partial charge in [-0.25, -0.2) is 0 Å². The molecular weight excluding hydrogens is 282 g/mol. The van der Waals surface area contributed by atoms with E-state index in [0.717, 1.165) is 17.3 Å². The predicted octanol–water partition coefficient (Wildman–Crippen LogP) is 4.55. The van der Waals surface area contributed by atoms with E-state index in [2.05, 4.69) is 25.2 Å². The third kappa shape index (κ3) is 2.68. The molecule has 0 saturated heterocycles. The van der Waals surface area contributed by atoms with Gasteiger partial charge in [0, 0.05) is 28.6 Å². The SMILES string of the molecule is COc1ccc(Cl)cc1C1(CNC(C)C)CC2(CCC2)C1. The highest BCUT2D eigenvalue weighted by Crippen LogP contribution is 2.65. The average molecular weight is 308 g/mol. The second-order valence-electron chi connectivity index (χ2n) is 7.37. The van der Waals surface area contributed by atoms with Crippen LogP contribution in [0.2, 0.25) is 5.02 Å². The minimum absolute atomic E-state index is 0.195. The average Bonchev–Trinajstić information content (AvgIpc) is 2.35. The molecule has 2 saturated carbocycles. The molecule has 0 aromatic heterocycles. The van der Waals surface area contributed by atoms with E-state index in [-0.39, 0.29) is 5.41 Å². The molecule has 0 radical (unpaired) electrons. The van der Waals surface area contributed by atoms with Crippen molar-refractivity contribution in [2.75, 3.05) is 13.7 Å². The summed E-state index contributed by atoms with van der Waals surface area (Å²) in [5, 5.41) is 4.45.